The fourth-order valence-corrected chi connectivity index (χ4v) is 4.20. The van der Waals surface area contributed by atoms with Gasteiger partial charge in [0.15, 0.2) is 0 Å². The van der Waals surface area contributed by atoms with Crippen LogP contribution in [0.25, 0.3) is 0 Å². The van der Waals surface area contributed by atoms with Crippen LogP contribution in [0, 0.1) is 12.8 Å². The van der Waals surface area contributed by atoms with Crippen molar-refractivity contribution in [3.8, 4) is 0 Å². The number of piperidine rings is 1. The van der Waals surface area contributed by atoms with Gasteiger partial charge >= 0.3 is 11.9 Å². The lowest BCUT2D eigenvalue weighted by Crippen LogP contribution is -2.40. The highest BCUT2D eigenvalue weighted by atomic mass is 32.1. The molecule has 6 nitrogen and oxygen atoms in total. The monoisotopic (exact) mass is 354 g/mol. The second kappa shape index (κ2) is 8.48. The van der Waals surface area contributed by atoms with E-state index in [4.69, 9.17) is 15.2 Å². The van der Waals surface area contributed by atoms with Crippen molar-refractivity contribution in [2.75, 3.05) is 39.1 Å². The van der Waals surface area contributed by atoms with Gasteiger partial charge in [0.2, 0.25) is 0 Å². The molecule has 1 atom stereocenters. The average Bonchev–Trinajstić information content (AvgIpc) is 2.86. The Morgan fingerprint density at radius 2 is 2.17 bits per heavy atom. The van der Waals surface area contributed by atoms with Crippen LogP contribution < -0.4 is 5.73 Å². The molecule has 2 heterocycles. The lowest BCUT2D eigenvalue weighted by molar-refractivity contribution is -0.149. The van der Waals surface area contributed by atoms with Crippen LogP contribution >= 0.6 is 11.3 Å². The number of thiophene rings is 1. The number of carbonyl (C=O) groups excluding carboxylic acids is 2. The molecule has 0 spiro atoms. The summed E-state index contributed by atoms with van der Waals surface area (Å²) in [7, 11) is 1.36. The molecular weight excluding hydrogens is 328 g/mol. The molecule has 134 valence electrons. The van der Waals surface area contributed by atoms with Gasteiger partial charge in [-0.15, -0.1) is 11.3 Å². The second-order valence-corrected chi connectivity index (χ2v) is 7.16. The largest absolute Gasteiger partial charge is 0.466 e. The summed E-state index contributed by atoms with van der Waals surface area (Å²) in [6.07, 6.45) is 2.71. The number of anilines is 1. The number of nitrogens with zero attached hydrogens (tertiary/aromatic N) is 1. The minimum absolute atomic E-state index is 0.0289. The van der Waals surface area contributed by atoms with Gasteiger partial charge in [-0.1, -0.05) is 0 Å². The summed E-state index contributed by atoms with van der Waals surface area (Å²) in [4.78, 5) is 27.1. The minimum Gasteiger partial charge on any atom is -0.466 e. The maximum atomic E-state index is 11.9. The fourth-order valence-electron chi connectivity index (χ4n) is 3.15. The number of likely N-dealkylation sites (tertiary alicyclic amines) is 1. The first-order valence-corrected chi connectivity index (χ1v) is 9.14. The molecule has 0 aromatic carbocycles. The van der Waals surface area contributed by atoms with E-state index in [2.05, 4.69) is 4.90 Å². The zero-order valence-electron chi connectivity index (χ0n) is 14.6. The smallest absolute Gasteiger partial charge is 0.341 e. The highest BCUT2D eigenvalue weighted by Crippen LogP contribution is 2.31. The molecule has 0 aliphatic carbocycles. The van der Waals surface area contributed by atoms with Crippen LogP contribution in [0.1, 0.15) is 40.6 Å². The van der Waals surface area contributed by atoms with Crippen molar-refractivity contribution in [2.45, 2.75) is 33.1 Å². The molecule has 1 aliphatic heterocycles. The average molecular weight is 354 g/mol. The lowest BCUT2D eigenvalue weighted by Gasteiger charge is -2.31. The number of hydrogen-bond acceptors (Lipinski definition) is 7. The Balaban J connectivity index is 1.96. The number of ether oxygens (including phenoxy) is 2. The van der Waals surface area contributed by atoms with E-state index in [9.17, 15) is 9.59 Å². The van der Waals surface area contributed by atoms with Crippen LogP contribution in [-0.2, 0) is 20.7 Å². The Morgan fingerprint density at radius 3 is 2.83 bits per heavy atom. The Kier molecular flexibility index (Phi) is 6.62. The third kappa shape index (κ3) is 4.27. The van der Waals surface area contributed by atoms with Crippen LogP contribution in [0.4, 0.5) is 5.00 Å². The molecule has 1 aromatic rings. The summed E-state index contributed by atoms with van der Waals surface area (Å²) < 4.78 is 9.93. The first kappa shape index (κ1) is 18.7. The van der Waals surface area contributed by atoms with Crippen molar-refractivity contribution in [3.63, 3.8) is 0 Å². The van der Waals surface area contributed by atoms with Crippen molar-refractivity contribution in [2.24, 2.45) is 5.92 Å². The van der Waals surface area contributed by atoms with E-state index in [1.165, 1.54) is 18.4 Å². The van der Waals surface area contributed by atoms with Gasteiger partial charge in [0.05, 0.1) is 25.2 Å². The number of esters is 2. The lowest BCUT2D eigenvalue weighted by atomic mass is 9.98. The molecule has 1 aliphatic rings. The molecule has 24 heavy (non-hydrogen) atoms. The highest BCUT2D eigenvalue weighted by molar-refractivity contribution is 7.16. The fraction of sp³-hybridized carbons (Fsp3) is 0.647. The summed E-state index contributed by atoms with van der Waals surface area (Å²) in [6, 6.07) is 0. The van der Waals surface area contributed by atoms with Gasteiger partial charge in [-0.2, -0.15) is 0 Å². The van der Waals surface area contributed by atoms with Crippen LogP contribution in [0.3, 0.4) is 0 Å². The number of methoxy groups -OCH3 is 1. The molecule has 2 N–H and O–H groups in total. The number of nitrogens with two attached hydrogens (primary N) is 1. The number of nitrogen functional groups attached to an aromatic ring is 1. The first-order valence-electron chi connectivity index (χ1n) is 8.32. The molecule has 1 aromatic heterocycles. The zero-order valence-corrected chi connectivity index (χ0v) is 15.4. The predicted octanol–water partition coefficient (Wildman–Crippen LogP) is 2.24. The van der Waals surface area contributed by atoms with E-state index in [0.717, 1.165) is 49.3 Å². The van der Waals surface area contributed by atoms with E-state index in [1.54, 1.807) is 0 Å². The van der Waals surface area contributed by atoms with Gasteiger partial charge in [-0.05, 0) is 45.2 Å². The number of hydrogen-bond donors (Lipinski definition) is 1. The Hall–Kier alpha value is -1.60. The van der Waals surface area contributed by atoms with Crippen molar-refractivity contribution in [1.82, 2.24) is 4.90 Å². The minimum atomic E-state index is -0.382. The third-order valence-electron chi connectivity index (χ3n) is 4.44. The van der Waals surface area contributed by atoms with Crippen molar-refractivity contribution in [1.29, 1.82) is 0 Å². The maximum Gasteiger partial charge on any atom is 0.341 e. The van der Waals surface area contributed by atoms with E-state index >= 15 is 0 Å². The van der Waals surface area contributed by atoms with Gasteiger partial charge < -0.3 is 20.1 Å². The molecule has 1 fully saturated rings. The van der Waals surface area contributed by atoms with Gasteiger partial charge in [-0.25, -0.2) is 4.79 Å². The quantitative estimate of drug-likeness (QED) is 0.789. The summed E-state index contributed by atoms with van der Waals surface area (Å²) in [5.74, 6) is -0.501. The Bertz CT molecular complexity index is 600. The topological polar surface area (TPSA) is 81.9 Å². The van der Waals surface area contributed by atoms with Crippen LogP contribution in [0.2, 0.25) is 0 Å². The van der Waals surface area contributed by atoms with E-state index in [-0.39, 0.29) is 17.9 Å². The van der Waals surface area contributed by atoms with E-state index < -0.39 is 0 Å². The molecule has 0 bridgehead atoms. The van der Waals surface area contributed by atoms with Crippen molar-refractivity contribution >= 4 is 28.3 Å². The van der Waals surface area contributed by atoms with E-state index in [0.29, 0.717) is 17.2 Å². The molecule has 1 unspecified atom stereocenters. The molecule has 7 heteroatoms. The maximum absolute atomic E-state index is 11.9. The molecule has 1 saturated heterocycles. The summed E-state index contributed by atoms with van der Waals surface area (Å²) in [5.41, 5.74) is 7.36. The van der Waals surface area contributed by atoms with Crippen LogP contribution in [-0.4, -0.2) is 50.2 Å². The Morgan fingerprint density at radius 1 is 1.42 bits per heavy atom. The molecule has 0 radical (unpaired) electrons. The normalized spacial score (nSPS) is 18.4. The van der Waals surface area contributed by atoms with Crippen molar-refractivity contribution < 1.29 is 19.1 Å². The summed E-state index contributed by atoms with van der Waals surface area (Å²) in [6.45, 7) is 6.74. The van der Waals surface area contributed by atoms with E-state index in [1.807, 2.05) is 13.8 Å². The summed E-state index contributed by atoms with van der Waals surface area (Å²) >= 11 is 1.45. The molecular formula is C17H26N2O4S. The molecule has 0 saturated carbocycles. The number of carbonyl (C=O) groups is 2. The van der Waals surface area contributed by atoms with Crippen molar-refractivity contribution in [3.05, 3.63) is 16.0 Å². The Labute approximate surface area is 146 Å². The van der Waals surface area contributed by atoms with Gasteiger partial charge in [-0.3, -0.25) is 4.79 Å². The van der Waals surface area contributed by atoms with Gasteiger partial charge in [0.25, 0.3) is 0 Å². The van der Waals surface area contributed by atoms with Gasteiger partial charge in [0.1, 0.15) is 5.00 Å². The molecule has 2 rings (SSSR count). The third-order valence-corrected chi connectivity index (χ3v) is 5.62. The molecule has 0 amide bonds. The zero-order chi connectivity index (χ0) is 17.7. The highest BCUT2D eigenvalue weighted by Gasteiger charge is 2.27. The first-order chi connectivity index (χ1) is 11.5. The SMILES string of the molecule is CCOC(=O)C1CCCN(CCc2sc(N)c(C(=O)OC)c2C)C1. The summed E-state index contributed by atoms with van der Waals surface area (Å²) in [5, 5.41) is 0.511. The van der Waals surface area contributed by atoms with Crippen LogP contribution in [0.5, 0.6) is 0 Å². The van der Waals surface area contributed by atoms with Crippen LogP contribution in [0.15, 0.2) is 0 Å². The van der Waals surface area contributed by atoms with Gasteiger partial charge in [0, 0.05) is 18.0 Å². The second-order valence-electron chi connectivity index (χ2n) is 6.02. The predicted molar refractivity (Wildman–Crippen MR) is 94.3 cm³/mol. The standard InChI is InChI=1S/C17H26N2O4S/c1-4-23-16(20)12-6-5-8-19(10-12)9-7-13-11(2)14(15(18)24-13)17(21)22-3/h12H,4-10,18H2,1-3H3. The number of rotatable bonds is 6.